The quantitative estimate of drug-likeness (QED) is 0.339. The topological polar surface area (TPSA) is 80.1 Å². The average molecular weight is 558 g/mol. The van der Waals surface area contributed by atoms with Gasteiger partial charge in [0.25, 0.3) is 0 Å². The third-order valence-electron chi connectivity index (χ3n) is 6.84. The molecule has 0 radical (unpaired) electrons. The largest absolute Gasteiger partial charge is 0.350 e. The maximum Gasteiger partial charge on any atom is 0.240 e. The summed E-state index contributed by atoms with van der Waals surface area (Å²) in [6.07, 6.45) is 3.34. The molecule has 206 valence electrons. The number of para-hydroxylation sites is 1. The molecular formula is C31H32FN5O2S. The van der Waals surface area contributed by atoms with E-state index in [9.17, 15) is 14.0 Å². The van der Waals surface area contributed by atoms with Crippen LogP contribution in [0, 0.1) is 12.7 Å². The molecule has 2 amide bonds. The molecule has 0 fully saturated rings. The van der Waals surface area contributed by atoms with E-state index in [0.717, 1.165) is 33.6 Å². The fraction of sp³-hybridized carbons (Fsp3) is 0.290. The molecule has 7 nitrogen and oxygen atoms in total. The standard InChI is InChI=1S/C31H32FN5O2S/c1-20-8-5-6-11-24(20)37-30-27(29(35-37)31(2,3)4)28(22-9-7-10-23(32)16-22)40-19-26(39)36(30)18-25(38)34-17-21-12-14-33-15-13-21/h5-16,28H,17-19H2,1-4H3,(H,34,38)/t28-/m1/s1. The van der Waals surface area contributed by atoms with Crippen LogP contribution in [-0.2, 0) is 21.5 Å². The number of fused-ring (bicyclic) bond motifs is 1. The minimum absolute atomic E-state index is 0.130. The number of hydrogen-bond acceptors (Lipinski definition) is 5. The maximum absolute atomic E-state index is 14.4. The van der Waals surface area contributed by atoms with E-state index >= 15 is 0 Å². The zero-order chi connectivity index (χ0) is 28.4. The van der Waals surface area contributed by atoms with Crippen molar-refractivity contribution in [2.24, 2.45) is 0 Å². The van der Waals surface area contributed by atoms with Gasteiger partial charge in [0, 0.05) is 29.9 Å². The van der Waals surface area contributed by atoms with Crippen molar-refractivity contribution in [2.45, 2.75) is 44.9 Å². The molecule has 0 spiro atoms. The van der Waals surface area contributed by atoms with Crippen LogP contribution in [0.1, 0.15) is 54.0 Å². The van der Waals surface area contributed by atoms with Crippen molar-refractivity contribution in [3.05, 3.63) is 107 Å². The Hall–Kier alpha value is -3.98. The molecule has 0 saturated carbocycles. The Kier molecular flexibility index (Phi) is 7.76. The third kappa shape index (κ3) is 5.65. The van der Waals surface area contributed by atoms with Gasteiger partial charge in [0.1, 0.15) is 18.2 Å². The molecule has 0 unspecified atom stereocenters. The summed E-state index contributed by atoms with van der Waals surface area (Å²) in [5.74, 6) is -0.168. The lowest BCUT2D eigenvalue weighted by Gasteiger charge is -2.25. The molecule has 1 N–H and O–H groups in total. The molecule has 1 aliphatic rings. The monoisotopic (exact) mass is 557 g/mol. The number of amides is 2. The summed E-state index contributed by atoms with van der Waals surface area (Å²) in [6, 6.07) is 18.0. The zero-order valence-corrected chi connectivity index (χ0v) is 23.8. The second kappa shape index (κ2) is 11.3. The molecule has 0 bridgehead atoms. The SMILES string of the molecule is Cc1ccccc1-n1nc(C(C)(C)C)c2c1N(CC(=O)NCc1ccncc1)C(=O)CS[C@@H]2c1cccc(F)c1. The van der Waals surface area contributed by atoms with Gasteiger partial charge in [-0.15, -0.1) is 11.8 Å². The first-order chi connectivity index (χ1) is 19.1. The minimum atomic E-state index is -0.396. The Bertz CT molecular complexity index is 1550. The van der Waals surface area contributed by atoms with Gasteiger partial charge in [0.05, 0.1) is 22.4 Å². The van der Waals surface area contributed by atoms with E-state index < -0.39 is 5.41 Å². The summed E-state index contributed by atoms with van der Waals surface area (Å²) < 4.78 is 16.2. The van der Waals surface area contributed by atoms with Crippen molar-refractivity contribution >= 4 is 29.4 Å². The van der Waals surface area contributed by atoms with E-state index in [4.69, 9.17) is 5.10 Å². The van der Waals surface area contributed by atoms with Gasteiger partial charge in [-0.25, -0.2) is 9.07 Å². The lowest BCUT2D eigenvalue weighted by atomic mass is 9.87. The molecule has 1 atom stereocenters. The van der Waals surface area contributed by atoms with Crippen molar-refractivity contribution in [1.29, 1.82) is 0 Å². The van der Waals surface area contributed by atoms with Crippen LogP contribution in [-0.4, -0.2) is 38.9 Å². The summed E-state index contributed by atoms with van der Waals surface area (Å²) in [5, 5.41) is 7.67. The number of nitrogens with one attached hydrogen (secondary N) is 1. The Morgan fingerprint density at radius 1 is 1.10 bits per heavy atom. The van der Waals surface area contributed by atoms with Gasteiger partial charge in [0.2, 0.25) is 11.8 Å². The number of halogens is 1. The smallest absolute Gasteiger partial charge is 0.240 e. The van der Waals surface area contributed by atoms with E-state index in [-0.39, 0.29) is 35.2 Å². The number of carbonyl (C=O) groups excluding carboxylic acids is 2. The Labute approximate surface area is 237 Å². The number of carbonyl (C=O) groups is 2. The molecule has 0 aliphatic carbocycles. The van der Waals surface area contributed by atoms with Crippen LogP contribution in [0.3, 0.4) is 0 Å². The Morgan fingerprint density at radius 3 is 2.55 bits per heavy atom. The normalized spacial score (nSPS) is 15.5. The lowest BCUT2D eigenvalue weighted by molar-refractivity contribution is -0.123. The van der Waals surface area contributed by atoms with Gasteiger partial charge in [-0.05, 0) is 53.9 Å². The van der Waals surface area contributed by atoms with E-state index in [2.05, 4.69) is 31.1 Å². The van der Waals surface area contributed by atoms with E-state index in [1.165, 1.54) is 28.8 Å². The van der Waals surface area contributed by atoms with Gasteiger partial charge in [-0.3, -0.25) is 19.5 Å². The lowest BCUT2D eigenvalue weighted by Crippen LogP contribution is -2.42. The first-order valence-corrected chi connectivity index (χ1v) is 14.2. The number of aryl methyl sites for hydroxylation is 1. The molecule has 3 heterocycles. The van der Waals surface area contributed by atoms with Gasteiger partial charge >= 0.3 is 0 Å². The third-order valence-corrected chi connectivity index (χ3v) is 8.09. The average Bonchev–Trinajstić information content (AvgIpc) is 3.26. The predicted octanol–water partition coefficient (Wildman–Crippen LogP) is 5.50. The number of nitrogens with zero attached hydrogens (tertiary/aromatic N) is 4. The summed E-state index contributed by atoms with van der Waals surface area (Å²) in [7, 11) is 0. The van der Waals surface area contributed by atoms with Crippen LogP contribution in [0.15, 0.2) is 73.1 Å². The van der Waals surface area contributed by atoms with Crippen molar-refractivity contribution in [3.8, 4) is 5.69 Å². The number of aromatic nitrogens is 3. The first-order valence-electron chi connectivity index (χ1n) is 13.2. The summed E-state index contributed by atoms with van der Waals surface area (Å²) >= 11 is 1.43. The van der Waals surface area contributed by atoms with Crippen molar-refractivity contribution in [2.75, 3.05) is 17.2 Å². The number of anilines is 1. The molecule has 4 aromatic rings. The van der Waals surface area contributed by atoms with Crippen LogP contribution in [0.25, 0.3) is 5.69 Å². The highest BCUT2D eigenvalue weighted by atomic mass is 32.2. The zero-order valence-electron chi connectivity index (χ0n) is 23.0. The van der Waals surface area contributed by atoms with Crippen molar-refractivity contribution in [1.82, 2.24) is 20.1 Å². The first kappa shape index (κ1) is 27.6. The van der Waals surface area contributed by atoms with Crippen molar-refractivity contribution in [3.63, 3.8) is 0 Å². The van der Waals surface area contributed by atoms with Gasteiger partial charge in [0.15, 0.2) is 0 Å². The summed E-state index contributed by atoms with van der Waals surface area (Å²) in [5.41, 5.74) is 4.66. The second-order valence-electron chi connectivity index (χ2n) is 10.9. The summed E-state index contributed by atoms with van der Waals surface area (Å²) in [4.78, 5) is 32.6. The fourth-order valence-electron chi connectivity index (χ4n) is 4.88. The van der Waals surface area contributed by atoms with Crippen LogP contribution in [0.5, 0.6) is 0 Å². The molecule has 5 rings (SSSR count). The maximum atomic E-state index is 14.4. The van der Waals surface area contributed by atoms with E-state index in [0.29, 0.717) is 12.4 Å². The Balaban J connectivity index is 1.67. The minimum Gasteiger partial charge on any atom is -0.350 e. The number of rotatable bonds is 6. The molecule has 2 aromatic carbocycles. The van der Waals surface area contributed by atoms with Crippen LogP contribution in [0.2, 0.25) is 0 Å². The second-order valence-corrected chi connectivity index (χ2v) is 12.0. The number of benzene rings is 2. The van der Waals surface area contributed by atoms with E-state index in [1.807, 2.05) is 49.4 Å². The molecule has 1 aliphatic heterocycles. The molecule has 0 saturated heterocycles. The van der Waals surface area contributed by atoms with Crippen LogP contribution < -0.4 is 10.2 Å². The highest BCUT2D eigenvalue weighted by molar-refractivity contribution is 8.00. The number of hydrogen-bond donors (Lipinski definition) is 1. The molecule has 40 heavy (non-hydrogen) atoms. The fourth-order valence-corrected chi connectivity index (χ4v) is 6.06. The Morgan fingerprint density at radius 2 is 1.85 bits per heavy atom. The van der Waals surface area contributed by atoms with Gasteiger partial charge in [-0.2, -0.15) is 5.10 Å². The van der Waals surface area contributed by atoms with Gasteiger partial charge in [-0.1, -0.05) is 51.1 Å². The predicted molar refractivity (Wildman–Crippen MR) is 156 cm³/mol. The van der Waals surface area contributed by atoms with Crippen LogP contribution >= 0.6 is 11.8 Å². The number of pyridine rings is 1. The molecule has 9 heteroatoms. The molecular weight excluding hydrogens is 525 g/mol. The molecule has 2 aromatic heterocycles. The number of thioether (sulfide) groups is 1. The summed E-state index contributed by atoms with van der Waals surface area (Å²) in [6.45, 7) is 8.36. The highest BCUT2D eigenvalue weighted by Crippen LogP contribution is 2.48. The van der Waals surface area contributed by atoms with Gasteiger partial charge < -0.3 is 5.32 Å². The highest BCUT2D eigenvalue weighted by Gasteiger charge is 2.40. The van der Waals surface area contributed by atoms with Crippen LogP contribution in [0.4, 0.5) is 10.2 Å². The van der Waals surface area contributed by atoms with Crippen molar-refractivity contribution < 1.29 is 14.0 Å². The van der Waals surface area contributed by atoms with E-state index in [1.54, 1.807) is 23.1 Å².